The molecule has 21 heavy (non-hydrogen) atoms. The quantitative estimate of drug-likeness (QED) is 0.689. The number of halogens is 1. The lowest BCUT2D eigenvalue weighted by Gasteiger charge is -2.28. The molecule has 1 aromatic rings. The molecule has 0 aliphatic heterocycles. The second kappa shape index (κ2) is 8.90. The molecule has 0 atom stereocenters. The van der Waals surface area contributed by atoms with Crippen molar-refractivity contribution in [3.63, 3.8) is 0 Å². The highest BCUT2D eigenvalue weighted by Gasteiger charge is 2.17. The highest BCUT2D eigenvalue weighted by molar-refractivity contribution is 6.33. The summed E-state index contributed by atoms with van der Waals surface area (Å²) in [6, 6.07) is 5.83. The predicted octanol–water partition coefficient (Wildman–Crippen LogP) is 2.79. The van der Waals surface area contributed by atoms with Crippen molar-refractivity contribution in [3.05, 3.63) is 28.8 Å². The summed E-state index contributed by atoms with van der Waals surface area (Å²) in [4.78, 5) is 13.4. The van der Waals surface area contributed by atoms with Crippen LogP contribution in [0.2, 0.25) is 5.02 Å². The van der Waals surface area contributed by atoms with E-state index in [0.29, 0.717) is 10.9 Å². The van der Waals surface area contributed by atoms with Gasteiger partial charge in [-0.15, -0.1) is 0 Å². The first kappa shape index (κ1) is 17.8. The van der Waals surface area contributed by atoms with Crippen LogP contribution in [0.1, 0.15) is 32.8 Å². The van der Waals surface area contributed by atoms with Crippen molar-refractivity contribution in [2.75, 3.05) is 24.5 Å². The standard InChI is InChI=1S/C16H26ClN3O/c1-4-8-19-9-13-6-5-7-14(17)16(13)20(10-12(2)3)11-15(18)21/h5-7,12,19H,4,8-11H2,1-3H3,(H2,18,21). The van der Waals surface area contributed by atoms with Gasteiger partial charge in [0.25, 0.3) is 0 Å². The third-order valence-corrected chi connectivity index (χ3v) is 3.37. The number of amides is 1. The fraction of sp³-hybridized carbons (Fsp3) is 0.562. The second-order valence-electron chi connectivity index (χ2n) is 5.67. The van der Waals surface area contributed by atoms with Gasteiger partial charge in [0.15, 0.2) is 0 Å². The van der Waals surface area contributed by atoms with Crippen molar-refractivity contribution in [2.45, 2.75) is 33.7 Å². The molecule has 4 nitrogen and oxygen atoms in total. The second-order valence-corrected chi connectivity index (χ2v) is 6.07. The summed E-state index contributed by atoms with van der Waals surface area (Å²) in [7, 11) is 0. The van der Waals surface area contributed by atoms with Gasteiger partial charge in [0.05, 0.1) is 17.3 Å². The number of hydrogen-bond donors (Lipinski definition) is 2. The average Bonchev–Trinajstić information content (AvgIpc) is 2.37. The number of nitrogens with one attached hydrogen (secondary N) is 1. The molecule has 0 radical (unpaired) electrons. The Morgan fingerprint density at radius 1 is 1.43 bits per heavy atom. The average molecular weight is 312 g/mol. The Labute approximate surface area is 132 Å². The molecule has 0 aliphatic carbocycles. The third kappa shape index (κ3) is 5.94. The topological polar surface area (TPSA) is 58.4 Å². The van der Waals surface area contributed by atoms with Gasteiger partial charge in [-0.25, -0.2) is 0 Å². The van der Waals surface area contributed by atoms with E-state index in [0.717, 1.165) is 37.3 Å². The third-order valence-electron chi connectivity index (χ3n) is 3.06. The maximum atomic E-state index is 11.4. The van der Waals surface area contributed by atoms with E-state index in [1.54, 1.807) is 0 Å². The van der Waals surface area contributed by atoms with Crippen LogP contribution in [-0.2, 0) is 11.3 Å². The Morgan fingerprint density at radius 3 is 2.71 bits per heavy atom. The van der Waals surface area contributed by atoms with Crippen molar-refractivity contribution in [1.82, 2.24) is 5.32 Å². The highest BCUT2D eigenvalue weighted by Crippen LogP contribution is 2.30. The summed E-state index contributed by atoms with van der Waals surface area (Å²) < 4.78 is 0. The molecule has 1 rings (SSSR count). The van der Waals surface area contributed by atoms with Crippen LogP contribution in [0.15, 0.2) is 18.2 Å². The summed E-state index contributed by atoms with van der Waals surface area (Å²) in [5.74, 6) is 0.0695. The van der Waals surface area contributed by atoms with Crippen molar-refractivity contribution in [2.24, 2.45) is 11.7 Å². The van der Waals surface area contributed by atoms with E-state index in [1.165, 1.54) is 0 Å². The first-order valence-electron chi connectivity index (χ1n) is 7.47. The molecule has 0 saturated heterocycles. The van der Waals surface area contributed by atoms with Crippen molar-refractivity contribution < 1.29 is 4.79 Å². The van der Waals surface area contributed by atoms with Gasteiger partial charge >= 0.3 is 0 Å². The molecule has 0 spiro atoms. The molecular formula is C16H26ClN3O. The molecule has 3 N–H and O–H groups in total. The summed E-state index contributed by atoms with van der Waals surface area (Å²) in [5, 5.41) is 4.04. The van der Waals surface area contributed by atoms with Crippen molar-refractivity contribution in [3.8, 4) is 0 Å². The number of carbonyl (C=O) groups is 1. The molecule has 1 amide bonds. The molecule has 118 valence electrons. The Bertz CT molecular complexity index is 463. The van der Waals surface area contributed by atoms with Crippen LogP contribution in [0.3, 0.4) is 0 Å². The van der Waals surface area contributed by atoms with Crippen LogP contribution in [0.25, 0.3) is 0 Å². The van der Waals surface area contributed by atoms with Crippen LogP contribution >= 0.6 is 11.6 Å². The zero-order valence-electron chi connectivity index (χ0n) is 13.2. The van der Waals surface area contributed by atoms with E-state index in [1.807, 2.05) is 23.1 Å². The molecule has 0 aromatic heterocycles. The fourth-order valence-electron chi connectivity index (χ4n) is 2.32. The molecular weight excluding hydrogens is 286 g/mol. The lowest BCUT2D eigenvalue weighted by Crippen LogP contribution is -2.37. The lowest BCUT2D eigenvalue weighted by atomic mass is 10.1. The van der Waals surface area contributed by atoms with Gasteiger partial charge in [-0.1, -0.05) is 44.5 Å². The lowest BCUT2D eigenvalue weighted by molar-refractivity contribution is -0.116. The van der Waals surface area contributed by atoms with E-state index < -0.39 is 0 Å². The van der Waals surface area contributed by atoms with Crippen LogP contribution in [0.4, 0.5) is 5.69 Å². The zero-order chi connectivity index (χ0) is 15.8. The minimum atomic E-state index is -0.344. The maximum absolute atomic E-state index is 11.4. The normalized spacial score (nSPS) is 10.9. The molecule has 0 bridgehead atoms. The van der Waals surface area contributed by atoms with Gasteiger partial charge in [-0.3, -0.25) is 4.79 Å². The number of carbonyl (C=O) groups excluding carboxylic acids is 1. The molecule has 5 heteroatoms. The smallest absolute Gasteiger partial charge is 0.236 e. The summed E-state index contributed by atoms with van der Waals surface area (Å²) >= 11 is 6.38. The van der Waals surface area contributed by atoms with E-state index in [-0.39, 0.29) is 12.5 Å². The monoisotopic (exact) mass is 311 g/mol. The van der Waals surface area contributed by atoms with Crippen molar-refractivity contribution in [1.29, 1.82) is 0 Å². The van der Waals surface area contributed by atoms with Gasteiger partial charge < -0.3 is 16.0 Å². The molecule has 0 unspecified atom stereocenters. The van der Waals surface area contributed by atoms with Crippen LogP contribution in [-0.4, -0.2) is 25.5 Å². The Hall–Kier alpha value is -1.26. The van der Waals surface area contributed by atoms with E-state index in [2.05, 4.69) is 26.1 Å². The van der Waals surface area contributed by atoms with Crippen molar-refractivity contribution >= 4 is 23.2 Å². The molecule has 0 aliphatic rings. The van der Waals surface area contributed by atoms with Gasteiger partial charge in [-0.05, 0) is 30.5 Å². The number of rotatable bonds is 9. The molecule has 0 fully saturated rings. The fourth-order valence-corrected chi connectivity index (χ4v) is 2.63. The summed E-state index contributed by atoms with van der Waals surface area (Å²) in [6.45, 7) is 8.96. The number of nitrogens with zero attached hydrogens (tertiary/aromatic N) is 1. The first-order valence-corrected chi connectivity index (χ1v) is 7.84. The Kier molecular flexibility index (Phi) is 7.54. The Balaban J connectivity index is 3.05. The summed E-state index contributed by atoms with van der Waals surface area (Å²) in [6.07, 6.45) is 1.08. The van der Waals surface area contributed by atoms with Crippen LogP contribution < -0.4 is 16.0 Å². The maximum Gasteiger partial charge on any atom is 0.236 e. The molecule has 0 saturated carbocycles. The van der Waals surface area contributed by atoms with Gasteiger partial charge in [0.1, 0.15) is 0 Å². The SMILES string of the molecule is CCCNCc1cccc(Cl)c1N(CC(N)=O)CC(C)C. The minimum Gasteiger partial charge on any atom is -0.368 e. The highest BCUT2D eigenvalue weighted by atomic mass is 35.5. The zero-order valence-corrected chi connectivity index (χ0v) is 13.9. The predicted molar refractivity (Wildman–Crippen MR) is 89.7 cm³/mol. The van der Waals surface area contributed by atoms with E-state index >= 15 is 0 Å². The number of para-hydroxylation sites is 1. The minimum absolute atomic E-state index is 0.183. The number of hydrogen-bond acceptors (Lipinski definition) is 3. The van der Waals surface area contributed by atoms with Crippen LogP contribution in [0, 0.1) is 5.92 Å². The molecule has 1 aromatic carbocycles. The molecule has 0 heterocycles. The van der Waals surface area contributed by atoms with E-state index in [9.17, 15) is 4.79 Å². The van der Waals surface area contributed by atoms with Gasteiger partial charge in [0.2, 0.25) is 5.91 Å². The van der Waals surface area contributed by atoms with E-state index in [4.69, 9.17) is 17.3 Å². The van der Waals surface area contributed by atoms with Gasteiger partial charge in [-0.2, -0.15) is 0 Å². The van der Waals surface area contributed by atoms with Crippen LogP contribution in [0.5, 0.6) is 0 Å². The summed E-state index contributed by atoms with van der Waals surface area (Å²) in [5.41, 5.74) is 7.40. The number of nitrogens with two attached hydrogens (primary N) is 1. The number of primary amides is 1. The largest absolute Gasteiger partial charge is 0.368 e. The van der Waals surface area contributed by atoms with Gasteiger partial charge in [0, 0.05) is 13.1 Å². The Morgan fingerprint density at radius 2 is 2.14 bits per heavy atom. The first-order chi connectivity index (χ1) is 9.95. The number of benzene rings is 1. The number of anilines is 1.